The van der Waals surface area contributed by atoms with Gasteiger partial charge in [0.1, 0.15) is 6.33 Å². The lowest BCUT2D eigenvalue weighted by Gasteiger charge is -2.37. The zero-order chi connectivity index (χ0) is 9.43. The van der Waals surface area contributed by atoms with Crippen molar-refractivity contribution in [2.45, 2.75) is 12.8 Å². The summed E-state index contributed by atoms with van der Waals surface area (Å²) in [4.78, 5) is 8.11. The third-order valence-electron chi connectivity index (χ3n) is 3.26. The molecule has 0 aromatic carbocycles. The molecule has 1 spiro atoms. The van der Waals surface area contributed by atoms with Gasteiger partial charge in [-0.05, 0) is 18.4 Å². The molecule has 1 aliphatic heterocycles. The minimum atomic E-state index is 0.463. The Kier molecular flexibility index (Phi) is 1.67. The van der Waals surface area contributed by atoms with Crippen molar-refractivity contribution in [2.24, 2.45) is 5.41 Å². The minimum Gasteiger partial charge on any atom is -0.315 e. The SMILES string of the molecule is C1=C(c2cncnc2)CCC12CNC2. The van der Waals surface area contributed by atoms with Gasteiger partial charge in [-0.25, -0.2) is 9.97 Å². The average Bonchev–Trinajstić information content (AvgIpc) is 2.63. The molecule has 3 rings (SSSR count). The van der Waals surface area contributed by atoms with Crippen molar-refractivity contribution in [3.8, 4) is 0 Å². The predicted octanol–water partition coefficient (Wildman–Crippen LogP) is 1.24. The molecule has 0 radical (unpaired) electrons. The molecule has 3 nitrogen and oxygen atoms in total. The Morgan fingerprint density at radius 1 is 1.21 bits per heavy atom. The van der Waals surface area contributed by atoms with E-state index in [1.807, 2.05) is 12.4 Å². The molecule has 2 aliphatic rings. The molecule has 1 aromatic heterocycles. The molecule has 1 fully saturated rings. The van der Waals surface area contributed by atoms with Crippen molar-refractivity contribution in [1.29, 1.82) is 0 Å². The normalized spacial score (nSPS) is 23.3. The van der Waals surface area contributed by atoms with E-state index in [2.05, 4.69) is 21.4 Å². The highest BCUT2D eigenvalue weighted by Crippen LogP contribution is 2.42. The quantitative estimate of drug-likeness (QED) is 0.719. The smallest absolute Gasteiger partial charge is 0.115 e. The highest BCUT2D eigenvalue weighted by molar-refractivity contribution is 5.67. The van der Waals surface area contributed by atoms with Crippen LogP contribution in [0.15, 0.2) is 24.8 Å². The molecule has 1 aromatic rings. The van der Waals surface area contributed by atoms with Crippen LogP contribution in [0.2, 0.25) is 0 Å². The number of nitrogens with zero attached hydrogens (tertiary/aromatic N) is 2. The number of hydrogen-bond donors (Lipinski definition) is 1. The fraction of sp³-hybridized carbons (Fsp3) is 0.455. The molecule has 0 amide bonds. The Morgan fingerprint density at radius 3 is 2.57 bits per heavy atom. The number of aromatic nitrogens is 2. The fourth-order valence-electron chi connectivity index (χ4n) is 2.32. The van der Waals surface area contributed by atoms with Gasteiger partial charge in [-0.3, -0.25) is 0 Å². The first kappa shape index (κ1) is 8.12. The zero-order valence-electron chi connectivity index (χ0n) is 8.03. The Balaban J connectivity index is 1.91. The monoisotopic (exact) mass is 187 g/mol. The van der Waals surface area contributed by atoms with Crippen molar-refractivity contribution in [3.05, 3.63) is 30.4 Å². The molecule has 1 aliphatic carbocycles. The lowest BCUT2D eigenvalue weighted by Crippen LogP contribution is -2.50. The highest BCUT2D eigenvalue weighted by Gasteiger charge is 2.38. The van der Waals surface area contributed by atoms with Crippen LogP contribution in [0.3, 0.4) is 0 Å². The maximum Gasteiger partial charge on any atom is 0.115 e. The van der Waals surface area contributed by atoms with Gasteiger partial charge in [0.05, 0.1) is 0 Å². The fourth-order valence-corrected chi connectivity index (χ4v) is 2.32. The standard InChI is InChI=1S/C11H13N3/c1-2-11(6-14-7-11)3-9(1)10-4-12-8-13-5-10/h3-5,8,14H,1-2,6-7H2. The van der Waals surface area contributed by atoms with Crippen LogP contribution in [0.4, 0.5) is 0 Å². The summed E-state index contributed by atoms with van der Waals surface area (Å²) in [7, 11) is 0. The van der Waals surface area contributed by atoms with Gasteiger partial charge in [-0.2, -0.15) is 0 Å². The molecule has 0 atom stereocenters. The third kappa shape index (κ3) is 1.16. The van der Waals surface area contributed by atoms with Crippen LogP contribution in [0.5, 0.6) is 0 Å². The largest absolute Gasteiger partial charge is 0.315 e. The topological polar surface area (TPSA) is 37.8 Å². The first-order chi connectivity index (χ1) is 6.88. The van der Waals surface area contributed by atoms with Crippen LogP contribution < -0.4 is 5.32 Å². The summed E-state index contributed by atoms with van der Waals surface area (Å²) in [6, 6.07) is 0. The molecule has 0 saturated carbocycles. The molecule has 3 heteroatoms. The van der Waals surface area contributed by atoms with Crippen LogP contribution in [0.1, 0.15) is 18.4 Å². The Bertz CT molecular complexity index is 365. The number of allylic oxidation sites excluding steroid dienone is 1. The first-order valence-electron chi connectivity index (χ1n) is 5.06. The molecule has 0 bridgehead atoms. The van der Waals surface area contributed by atoms with Crippen molar-refractivity contribution in [2.75, 3.05) is 13.1 Å². The Morgan fingerprint density at radius 2 is 2.00 bits per heavy atom. The van der Waals surface area contributed by atoms with Crippen LogP contribution in [0, 0.1) is 5.41 Å². The van der Waals surface area contributed by atoms with Crippen LogP contribution in [-0.4, -0.2) is 23.1 Å². The van der Waals surface area contributed by atoms with E-state index >= 15 is 0 Å². The van der Waals surface area contributed by atoms with E-state index in [1.54, 1.807) is 6.33 Å². The minimum absolute atomic E-state index is 0.463. The van der Waals surface area contributed by atoms with E-state index in [1.165, 1.54) is 24.0 Å². The molecular formula is C11H13N3. The summed E-state index contributed by atoms with van der Waals surface area (Å²) < 4.78 is 0. The maximum absolute atomic E-state index is 4.05. The van der Waals surface area contributed by atoms with E-state index in [9.17, 15) is 0 Å². The number of nitrogens with one attached hydrogen (secondary N) is 1. The Hall–Kier alpha value is -1.22. The predicted molar refractivity (Wildman–Crippen MR) is 54.5 cm³/mol. The molecule has 72 valence electrons. The van der Waals surface area contributed by atoms with E-state index in [-0.39, 0.29) is 0 Å². The number of hydrogen-bond acceptors (Lipinski definition) is 3. The van der Waals surface area contributed by atoms with Gasteiger partial charge in [0.2, 0.25) is 0 Å². The molecule has 14 heavy (non-hydrogen) atoms. The van der Waals surface area contributed by atoms with E-state index in [0.29, 0.717) is 5.41 Å². The van der Waals surface area contributed by atoms with E-state index in [0.717, 1.165) is 13.1 Å². The van der Waals surface area contributed by atoms with Crippen molar-refractivity contribution in [3.63, 3.8) is 0 Å². The highest BCUT2D eigenvalue weighted by atomic mass is 15.0. The van der Waals surface area contributed by atoms with E-state index in [4.69, 9.17) is 0 Å². The molecule has 1 saturated heterocycles. The summed E-state index contributed by atoms with van der Waals surface area (Å²) >= 11 is 0. The van der Waals surface area contributed by atoms with Gasteiger partial charge < -0.3 is 5.32 Å². The second-order valence-electron chi connectivity index (χ2n) is 4.26. The average molecular weight is 187 g/mol. The lowest BCUT2D eigenvalue weighted by molar-refractivity contribution is 0.236. The van der Waals surface area contributed by atoms with Gasteiger partial charge in [0.15, 0.2) is 0 Å². The summed E-state index contributed by atoms with van der Waals surface area (Å²) in [6.45, 7) is 2.29. The second kappa shape index (κ2) is 2.89. The van der Waals surface area contributed by atoms with Gasteiger partial charge in [-0.15, -0.1) is 0 Å². The zero-order valence-corrected chi connectivity index (χ0v) is 8.03. The van der Waals surface area contributed by atoms with Crippen molar-refractivity contribution >= 4 is 5.57 Å². The maximum atomic E-state index is 4.05. The van der Waals surface area contributed by atoms with E-state index < -0.39 is 0 Å². The Labute approximate surface area is 83.3 Å². The first-order valence-corrected chi connectivity index (χ1v) is 5.06. The summed E-state index contributed by atoms with van der Waals surface area (Å²) in [5.41, 5.74) is 3.08. The lowest BCUT2D eigenvalue weighted by atomic mass is 9.82. The molecule has 0 unspecified atom stereocenters. The van der Waals surface area contributed by atoms with Crippen molar-refractivity contribution < 1.29 is 0 Å². The third-order valence-corrected chi connectivity index (χ3v) is 3.26. The van der Waals surface area contributed by atoms with Crippen LogP contribution >= 0.6 is 0 Å². The summed E-state index contributed by atoms with van der Waals surface area (Å²) in [5.74, 6) is 0. The van der Waals surface area contributed by atoms with Gasteiger partial charge in [-0.1, -0.05) is 6.08 Å². The summed E-state index contributed by atoms with van der Waals surface area (Å²) in [6.07, 6.45) is 10.3. The second-order valence-corrected chi connectivity index (χ2v) is 4.26. The molecular weight excluding hydrogens is 174 g/mol. The van der Waals surface area contributed by atoms with Gasteiger partial charge >= 0.3 is 0 Å². The molecule has 1 N–H and O–H groups in total. The van der Waals surface area contributed by atoms with Crippen LogP contribution in [-0.2, 0) is 0 Å². The van der Waals surface area contributed by atoms with Crippen molar-refractivity contribution in [1.82, 2.24) is 15.3 Å². The van der Waals surface area contributed by atoms with Gasteiger partial charge in [0, 0.05) is 36.5 Å². The van der Waals surface area contributed by atoms with Crippen LogP contribution in [0.25, 0.3) is 5.57 Å². The number of rotatable bonds is 1. The van der Waals surface area contributed by atoms with Gasteiger partial charge in [0.25, 0.3) is 0 Å². The molecule has 2 heterocycles. The summed E-state index contributed by atoms with van der Waals surface area (Å²) in [5, 5.41) is 3.34.